The van der Waals surface area contributed by atoms with Gasteiger partial charge in [0.2, 0.25) is 0 Å². The topological polar surface area (TPSA) is 63.6 Å². The van der Waals surface area contributed by atoms with Crippen molar-refractivity contribution in [2.45, 2.75) is 19.8 Å². The molecular formula is C14H16O4. The lowest BCUT2D eigenvalue weighted by Crippen LogP contribution is -2.04. The van der Waals surface area contributed by atoms with E-state index in [9.17, 15) is 9.59 Å². The van der Waals surface area contributed by atoms with Crippen LogP contribution in [0.5, 0.6) is 0 Å². The Kier molecular flexibility index (Phi) is 5.11. The molecule has 0 fully saturated rings. The van der Waals surface area contributed by atoms with Crippen LogP contribution in [0.1, 0.15) is 23.1 Å². The molecule has 0 amide bonds. The molecule has 0 aliphatic heterocycles. The summed E-state index contributed by atoms with van der Waals surface area (Å²) >= 11 is 0. The maximum absolute atomic E-state index is 11.1. The second-order valence-corrected chi connectivity index (χ2v) is 3.89. The summed E-state index contributed by atoms with van der Waals surface area (Å²) in [4.78, 5) is 21.7. The number of methoxy groups -OCH3 is 1. The number of benzene rings is 1. The molecule has 1 rings (SSSR count). The highest BCUT2D eigenvalue weighted by Gasteiger charge is 2.07. The van der Waals surface area contributed by atoms with Crippen LogP contribution >= 0.6 is 0 Å². The number of carbonyl (C=O) groups is 2. The molecular weight excluding hydrogens is 232 g/mol. The summed E-state index contributed by atoms with van der Waals surface area (Å²) in [7, 11) is 1.35. The van der Waals surface area contributed by atoms with Crippen LogP contribution in [0.25, 0.3) is 6.08 Å². The van der Waals surface area contributed by atoms with Crippen molar-refractivity contribution in [2.75, 3.05) is 7.11 Å². The zero-order valence-corrected chi connectivity index (χ0v) is 10.5. The Hall–Kier alpha value is -2.10. The molecule has 0 aliphatic carbocycles. The Morgan fingerprint density at radius 3 is 2.72 bits per heavy atom. The van der Waals surface area contributed by atoms with Crippen molar-refractivity contribution in [3.8, 4) is 0 Å². The lowest BCUT2D eigenvalue weighted by Gasteiger charge is -2.09. The number of esters is 1. The number of carboxylic acid groups (broad SMARTS) is 1. The predicted octanol–water partition coefficient (Wildman–Crippen LogP) is 2.20. The van der Waals surface area contributed by atoms with E-state index in [1.54, 1.807) is 6.08 Å². The van der Waals surface area contributed by atoms with Gasteiger partial charge in [0.1, 0.15) is 0 Å². The van der Waals surface area contributed by atoms with Crippen molar-refractivity contribution in [2.24, 2.45) is 0 Å². The van der Waals surface area contributed by atoms with Crippen LogP contribution in [0, 0.1) is 6.92 Å². The van der Waals surface area contributed by atoms with Crippen molar-refractivity contribution in [1.29, 1.82) is 0 Å². The molecule has 0 saturated heterocycles. The summed E-state index contributed by atoms with van der Waals surface area (Å²) < 4.78 is 4.60. The van der Waals surface area contributed by atoms with Gasteiger partial charge in [0.05, 0.1) is 7.11 Å². The highest BCUT2D eigenvalue weighted by molar-refractivity contribution is 5.85. The van der Waals surface area contributed by atoms with Crippen molar-refractivity contribution in [3.63, 3.8) is 0 Å². The third kappa shape index (κ3) is 4.05. The number of carbonyl (C=O) groups excluding carboxylic acids is 1. The SMILES string of the molecule is COC(=O)CCc1c(C)cccc1/C=C/C(=O)O. The Morgan fingerprint density at radius 1 is 1.39 bits per heavy atom. The van der Waals surface area contributed by atoms with Gasteiger partial charge in [-0.1, -0.05) is 18.2 Å². The monoisotopic (exact) mass is 248 g/mol. The molecule has 0 aromatic heterocycles. The maximum atomic E-state index is 11.1. The second-order valence-electron chi connectivity index (χ2n) is 3.89. The molecule has 1 aromatic rings. The fourth-order valence-corrected chi connectivity index (χ4v) is 1.71. The van der Waals surface area contributed by atoms with Gasteiger partial charge in [0, 0.05) is 12.5 Å². The van der Waals surface area contributed by atoms with Crippen LogP contribution < -0.4 is 0 Å². The van der Waals surface area contributed by atoms with Crippen LogP contribution in [0.3, 0.4) is 0 Å². The summed E-state index contributed by atoms with van der Waals surface area (Å²) in [6.07, 6.45) is 3.46. The molecule has 0 saturated carbocycles. The fraction of sp³-hybridized carbons (Fsp3) is 0.286. The molecule has 0 aliphatic rings. The number of aryl methyl sites for hydroxylation is 1. The van der Waals surface area contributed by atoms with E-state index in [-0.39, 0.29) is 12.4 Å². The van der Waals surface area contributed by atoms with Gasteiger partial charge < -0.3 is 9.84 Å². The molecule has 0 atom stereocenters. The summed E-state index contributed by atoms with van der Waals surface area (Å²) in [6.45, 7) is 1.94. The minimum absolute atomic E-state index is 0.272. The molecule has 96 valence electrons. The van der Waals surface area contributed by atoms with E-state index in [1.807, 2.05) is 25.1 Å². The summed E-state index contributed by atoms with van der Waals surface area (Å²) in [5, 5.41) is 8.63. The molecule has 1 aromatic carbocycles. The van der Waals surface area contributed by atoms with Gasteiger partial charge in [-0.25, -0.2) is 4.79 Å². The molecule has 1 N–H and O–H groups in total. The van der Waals surface area contributed by atoms with Crippen LogP contribution in [0.2, 0.25) is 0 Å². The first-order valence-corrected chi connectivity index (χ1v) is 5.61. The fourth-order valence-electron chi connectivity index (χ4n) is 1.71. The zero-order valence-electron chi connectivity index (χ0n) is 10.5. The smallest absolute Gasteiger partial charge is 0.328 e. The molecule has 0 heterocycles. The first kappa shape index (κ1) is 14.0. The minimum atomic E-state index is -0.990. The first-order valence-electron chi connectivity index (χ1n) is 5.61. The summed E-state index contributed by atoms with van der Waals surface area (Å²) in [6, 6.07) is 5.63. The maximum Gasteiger partial charge on any atom is 0.328 e. The predicted molar refractivity (Wildman–Crippen MR) is 68.2 cm³/mol. The average Bonchev–Trinajstić information content (AvgIpc) is 2.34. The van der Waals surface area contributed by atoms with Crippen LogP contribution in [-0.2, 0) is 20.7 Å². The summed E-state index contributed by atoms with van der Waals surface area (Å²) in [5.41, 5.74) is 2.83. The van der Waals surface area contributed by atoms with E-state index < -0.39 is 5.97 Å². The quantitative estimate of drug-likeness (QED) is 0.641. The van der Waals surface area contributed by atoms with E-state index in [0.29, 0.717) is 6.42 Å². The summed E-state index contributed by atoms with van der Waals surface area (Å²) in [5.74, 6) is -1.26. The molecule has 0 spiro atoms. The number of ether oxygens (including phenoxy) is 1. The van der Waals surface area contributed by atoms with E-state index in [1.165, 1.54) is 7.11 Å². The van der Waals surface area contributed by atoms with Gasteiger partial charge in [-0.05, 0) is 36.1 Å². The van der Waals surface area contributed by atoms with E-state index in [4.69, 9.17) is 5.11 Å². The van der Waals surface area contributed by atoms with Gasteiger partial charge in [0.25, 0.3) is 0 Å². The third-order valence-corrected chi connectivity index (χ3v) is 2.66. The van der Waals surface area contributed by atoms with Crippen molar-refractivity contribution in [3.05, 3.63) is 41.0 Å². The molecule has 4 heteroatoms. The Morgan fingerprint density at radius 2 is 2.11 bits per heavy atom. The number of hydrogen-bond acceptors (Lipinski definition) is 3. The molecule has 0 radical (unpaired) electrons. The van der Waals surface area contributed by atoms with Gasteiger partial charge in [-0.15, -0.1) is 0 Å². The highest BCUT2D eigenvalue weighted by Crippen LogP contribution is 2.18. The number of carboxylic acids is 1. The van der Waals surface area contributed by atoms with Gasteiger partial charge >= 0.3 is 11.9 Å². The molecule has 0 bridgehead atoms. The van der Waals surface area contributed by atoms with E-state index in [2.05, 4.69) is 4.74 Å². The second kappa shape index (κ2) is 6.59. The van der Waals surface area contributed by atoms with Crippen molar-refractivity contribution >= 4 is 18.0 Å². The van der Waals surface area contributed by atoms with Gasteiger partial charge in [0.15, 0.2) is 0 Å². The lowest BCUT2D eigenvalue weighted by molar-refractivity contribution is -0.140. The third-order valence-electron chi connectivity index (χ3n) is 2.66. The Labute approximate surface area is 106 Å². The van der Waals surface area contributed by atoms with Crippen LogP contribution in [0.15, 0.2) is 24.3 Å². The van der Waals surface area contributed by atoms with Gasteiger partial charge in [-0.2, -0.15) is 0 Å². The molecule has 4 nitrogen and oxygen atoms in total. The van der Waals surface area contributed by atoms with E-state index in [0.717, 1.165) is 22.8 Å². The lowest BCUT2D eigenvalue weighted by atomic mass is 9.97. The first-order chi connectivity index (χ1) is 8.54. The van der Waals surface area contributed by atoms with Crippen LogP contribution in [-0.4, -0.2) is 24.2 Å². The number of aliphatic carboxylic acids is 1. The Bertz CT molecular complexity index is 475. The molecule has 18 heavy (non-hydrogen) atoms. The normalized spacial score (nSPS) is 10.6. The highest BCUT2D eigenvalue weighted by atomic mass is 16.5. The van der Waals surface area contributed by atoms with Crippen LogP contribution in [0.4, 0.5) is 0 Å². The molecule has 0 unspecified atom stereocenters. The number of hydrogen-bond donors (Lipinski definition) is 1. The minimum Gasteiger partial charge on any atom is -0.478 e. The van der Waals surface area contributed by atoms with E-state index >= 15 is 0 Å². The largest absolute Gasteiger partial charge is 0.478 e. The standard InChI is InChI=1S/C14H16O4/c1-10-4-3-5-11(6-8-13(15)16)12(10)7-9-14(17)18-2/h3-6,8H,7,9H2,1-2H3,(H,15,16)/b8-6+. The van der Waals surface area contributed by atoms with Crippen molar-refractivity contribution in [1.82, 2.24) is 0 Å². The van der Waals surface area contributed by atoms with Gasteiger partial charge in [-0.3, -0.25) is 4.79 Å². The number of rotatable bonds is 5. The average molecular weight is 248 g/mol. The van der Waals surface area contributed by atoms with Crippen molar-refractivity contribution < 1.29 is 19.4 Å². The zero-order chi connectivity index (χ0) is 13.5. The Balaban J connectivity index is 2.93.